The molecule has 2 aromatic carbocycles. The smallest absolute Gasteiger partial charge is 0.311 e. The van der Waals surface area contributed by atoms with Crippen molar-refractivity contribution < 1.29 is 19.1 Å². The van der Waals surface area contributed by atoms with Crippen LogP contribution in [0.4, 0.5) is 4.39 Å². The first-order chi connectivity index (χ1) is 12.9. The highest BCUT2D eigenvalue weighted by Gasteiger charge is 2.25. The van der Waals surface area contributed by atoms with Gasteiger partial charge in [0.15, 0.2) is 0 Å². The van der Waals surface area contributed by atoms with E-state index in [1.165, 1.54) is 23.5 Å². The lowest BCUT2D eigenvalue weighted by Gasteiger charge is -2.13. The van der Waals surface area contributed by atoms with Gasteiger partial charge >= 0.3 is 5.97 Å². The molecule has 1 heterocycles. The minimum Gasteiger partial charge on any atom is -0.481 e. The highest BCUT2D eigenvalue weighted by Crippen LogP contribution is 2.29. The molecule has 0 aliphatic heterocycles. The molecular weight excluding hydrogens is 389 g/mol. The number of hydrogen-bond acceptors (Lipinski definition) is 4. The van der Waals surface area contributed by atoms with Crippen molar-refractivity contribution in [1.29, 1.82) is 0 Å². The summed E-state index contributed by atoms with van der Waals surface area (Å²) in [5.74, 6) is -2.66. The fraction of sp³-hybridized carbons (Fsp3) is 0.150. The minimum absolute atomic E-state index is 0.0337. The summed E-state index contributed by atoms with van der Waals surface area (Å²) < 4.78 is 13.0. The predicted octanol–water partition coefficient (Wildman–Crippen LogP) is 4.97. The summed E-state index contributed by atoms with van der Waals surface area (Å²) in [4.78, 5) is 28.4. The van der Waals surface area contributed by atoms with Crippen LogP contribution in [0.3, 0.4) is 0 Å². The molecule has 138 valence electrons. The minimum atomic E-state index is -1.10. The lowest BCUT2D eigenvalue weighted by atomic mass is 9.92. The summed E-state index contributed by atoms with van der Waals surface area (Å²) in [6, 6.07) is 12.6. The van der Waals surface area contributed by atoms with E-state index >= 15 is 0 Å². The van der Waals surface area contributed by atoms with Gasteiger partial charge in [0.1, 0.15) is 16.6 Å². The van der Waals surface area contributed by atoms with Gasteiger partial charge in [-0.3, -0.25) is 9.59 Å². The van der Waals surface area contributed by atoms with Crippen LogP contribution in [-0.4, -0.2) is 21.8 Å². The average Bonchev–Trinajstić information content (AvgIpc) is 3.09. The van der Waals surface area contributed by atoms with Crippen molar-refractivity contribution in [1.82, 2.24) is 4.98 Å². The summed E-state index contributed by atoms with van der Waals surface area (Å²) >= 11 is 7.43. The Morgan fingerprint density at radius 1 is 1.15 bits per heavy atom. The van der Waals surface area contributed by atoms with E-state index in [0.29, 0.717) is 21.3 Å². The zero-order valence-corrected chi connectivity index (χ0v) is 15.6. The molecule has 0 spiro atoms. The predicted molar refractivity (Wildman–Crippen MR) is 103 cm³/mol. The number of carboxylic acids is 1. The molecule has 1 aromatic heterocycles. The monoisotopic (exact) mass is 403 g/mol. The number of ketones is 1. The Hall–Kier alpha value is -2.57. The molecule has 0 radical (unpaired) electrons. The van der Waals surface area contributed by atoms with Crippen LogP contribution >= 0.6 is 22.9 Å². The quantitative estimate of drug-likeness (QED) is 0.604. The van der Waals surface area contributed by atoms with Crippen molar-refractivity contribution in [2.75, 3.05) is 0 Å². The standard InChI is InChI=1S/C20H15ClFNO3S/c21-18-4-2-1-3-16(18)17(20(25)26)10-15(24)9-14-11-27-19(23-14)12-5-7-13(22)8-6-12/h1-8,11,17H,9-10H2,(H,25,26). The van der Waals surface area contributed by atoms with E-state index in [-0.39, 0.29) is 24.4 Å². The third-order valence-electron chi connectivity index (χ3n) is 4.03. The number of Topliss-reactive ketones (excluding diaryl/α,β-unsaturated/α-hetero) is 1. The van der Waals surface area contributed by atoms with E-state index in [2.05, 4.69) is 4.98 Å². The molecule has 0 aliphatic carbocycles. The number of carboxylic acid groups (broad SMARTS) is 1. The van der Waals surface area contributed by atoms with Gasteiger partial charge in [0.2, 0.25) is 0 Å². The van der Waals surface area contributed by atoms with Crippen LogP contribution < -0.4 is 0 Å². The maximum absolute atomic E-state index is 13.0. The Balaban J connectivity index is 1.71. The lowest BCUT2D eigenvalue weighted by molar-refractivity contribution is -0.140. The molecule has 27 heavy (non-hydrogen) atoms. The van der Waals surface area contributed by atoms with Crippen LogP contribution in [0, 0.1) is 5.82 Å². The number of rotatable bonds is 7. The first kappa shape index (κ1) is 19.2. The van der Waals surface area contributed by atoms with Crippen LogP contribution in [0.25, 0.3) is 10.6 Å². The zero-order chi connectivity index (χ0) is 19.4. The Morgan fingerprint density at radius 2 is 1.85 bits per heavy atom. The maximum atomic E-state index is 13.0. The van der Waals surface area contributed by atoms with Gasteiger partial charge in [-0.05, 0) is 35.9 Å². The second-order valence-electron chi connectivity index (χ2n) is 5.98. The molecule has 3 aromatic rings. The highest BCUT2D eigenvalue weighted by atomic mass is 35.5. The fourth-order valence-corrected chi connectivity index (χ4v) is 3.80. The molecule has 0 bridgehead atoms. The molecule has 0 saturated carbocycles. The molecule has 3 rings (SSSR count). The second kappa shape index (κ2) is 8.41. The fourth-order valence-electron chi connectivity index (χ4n) is 2.70. The van der Waals surface area contributed by atoms with Crippen LogP contribution in [0.1, 0.15) is 23.6 Å². The Bertz CT molecular complexity index is 971. The number of carbonyl (C=O) groups is 2. The van der Waals surface area contributed by atoms with E-state index in [4.69, 9.17) is 11.6 Å². The average molecular weight is 404 g/mol. The maximum Gasteiger partial charge on any atom is 0.311 e. The molecular formula is C20H15ClFNO3S. The normalized spacial score (nSPS) is 11.9. The van der Waals surface area contributed by atoms with Crippen LogP contribution in [0.2, 0.25) is 5.02 Å². The molecule has 0 saturated heterocycles. The molecule has 1 unspecified atom stereocenters. The van der Waals surface area contributed by atoms with Gasteiger partial charge in [-0.2, -0.15) is 0 Å². The van der Waals surface area contributed by atoms with Crippen molar-refractivity contribution in [2.24, 2.45) is 0 Å². The third kappa shape index (κ3) is 4.78. The van der Waals surface area contributed by atoms with Gasteiger partial charge in [-0.1, -0.05) is 29.8 Å². The Kier molecular flexibility index (Phi) is 5.98. The second-order valence-corrected chi connectivity index (χ2v) is 7.25. The third-order valence-corrected chi connectivity index (χ3v) is 5.32. The Labute approximate surface area is 164 Å². The van der Waals surface area contributed by atoms with Gasteiger partial charge in [0.25, 0.3) is 0 Å². The SMILES string of the molecule is O=C(Cc1csc(-c2ccc(F)cc2)n1)CC(C(=O)O)c1ccccc1Cl. The number of thiazole rings is 1. The summed E-state index contributed by atoms with van der Waals surface area (Å²) in [6.45, 7) is 0. The van der Waals surface area contributed by atoms with Gasteiger partial charge < -0.3 is 5.11 Å². The molecule has 0 aliphatic rings. The number of halogens is 2. The summed E-state index contributed by atoms with van der Waals surface area (Å²) in [7, 11) is 0. The van der Waals surface area contributed by atoms with E-state index < -0.39 is 11.9 Å². The van der Waals surface area contributed by atoms with Crippen molar-refractivity contribution in [3.63, 3.8) is 0 Å². The molecule has 1 atom stereocenters. The van der Waals surface area contributed by atoms with Crippen molar-refractivity contribution in [2.45, 2.75) is 18.8 Å². The molecule has 1 N–H and O–H groups in total. The Morgan fingerprint density at radius 3 is 2.52 bits per heavy atom. The van der Waals surface area contributed by atoms with E-state index in [0.717, 1.165) is 5.56 Å². The largest absolute Gasteiger partial charge is 0.481 e. The number of carbonyl (C=O) groups excluding carboxylic acids is 1. The first-order valence-corrected chi connectivity index (χ1v) is 9.39. The van der Waals surface area contributed by atoms with E-state index in [1.807, 2.05) is 0 Å². The van der Waals surface area contributed by atoms with Gasteiger partial charge in [-0.25, -0.2) is 9.37 Å². The van der Waals surface area contributed by atoms with Crippen molar-refractivity contribution >= 4 is 34.7 Å². The highest BCUT2D eigenvalue weighted by molar-refractivity contribution is 7.13. The van der Waals surface area contributed by atoms with Crippen LogP contribution in [-0.2, 0) is 16.0 Å². The number of benzene rings is 2. The molecule has 7 heteroatoms. The zero-order valence-electron chi connectivity index (χ0n) is 14.1. The van der Waals surface area contributed by atoms with Crippen LogP contribution in [0.5, 0.6) is 0 Å². The lowest BCUT2D eigenvalue weighted by Crippen LogP contribution is -2.17. The van der Waals surface area contributed by atoms with Gasteiger partial charge in [0.05, 0.1) is 11.6 Å². The van der Waals surface area contributed by atoms with Gasteiger partial charge in [0, 0.05) is 28.8 Å². The number of aliphatic carboxylic acids is 1. The topological polar surface area (TPSA) is 67.3 Å². The summed E-state index contributed by atoms with van der Waals surface area (Å²) in [6.07, 6.45) is -0.131. The number of aromatic nitrogens is 1. The molecule has 0 amide bonds. The summed E-state index contributed by atoms with van der Waals surface area (Å²) in [5, 5.41) is 12.2. The summed E-state index contributed by atoms with van der Waals surface area (Å²) in [5.41, 5.74) is 1.75. The van der Waals surface area contributed by atoms with E-state index in [9.17, 15) is 19.1 Å². The first-order valence-electron chi connectivity index (χ1n) is 8.13. The van der Waals surface area contributed by atoms with Crippen molar-refractivity contribution in [3.05, 3.63) is 76.0 Å². The van der Waals surface area contributed by atoms with E-state index in [1.54, 1.807) is 41.8 Å². The van der Waals surface area contributed by atoms with Crippen molar-refractivity contribution in [3.8, 4) is 10.6 Å². The molecule has 4 nitrogen and oxygen atoms in total. The molecule has 0 fully saturated rings. The number of nitrogens with zero attached hydrogens (tertiary/aromatic N) is 1. The van der Waals surface area contributed by atoms with Crippen LogP contribution in [0.15, 0.2) is 53.9 Å². The van der Waals surface area contributed by atoms with Gasteiger partial charge in [-0.15, -0.1) is 11.3 Å². The number of hydrogen-bond donors (Lipinski definition) is 1.